The van der Waals surface area contributed by atoms with E-state index in [-0.39, 0.29) is 29.2 Å². The van der Waals surface area contributed by atoms with Crippen molar-refractivity contribution in [2.24, 2.45) is 0 Å². The van der Waals surface area contributed by atoms with Gasteiger partial charge in [0.1, 0.15) is 5.82 Å². The number of sulfonamides is 1. The van der Waals surface area contributed by atoms with Crippen molar-refractivity contribution in [3.8, 4) is 0 Å². The first kappa shape index (κ1) is 21.3. The molecule has 0 heterocycles. The van der Waals surface area contributed by atoms with Gasteiger partial charge in [-0.1, -0.05) is 18.2 Å². The molecule has 2 amide bonds. The van der Waals surface area contributed by atoms with Crippen molar-refractivity contribution in [2.45, 2.75) is 4.90 Å². The maximum absolute atomic E-state index is 13.2. The van der Waals surface area contributed by atoms with Crippen LogP contribution in [0.25, 0.3) is 0 Å². The standard InChI is InChI=1S/C19H20FN3O4S/c1-3-10-21-28(26,27)17-9-4-6-14(11-17)19(25)23(2)13-18(24)22-16-8-5-7-15(20)12-16/h3-9,11-12,21H,1,10,13H2,2H3,(H,22,24). The summed E-state index contributed by atoms with van der Waals surface area (Å²) in [5.74, 6) is -1.54. The lowest BCUT2D eigenvalue weighted by Crippen LogP contribution is -2.35. The summed E-state index contributed by atoms with van der Waals surface area (Å²) in [6.45, 7) is 3.21. The van der Waals surface area contributed by atoms with Gasteiger partial charge in [0.25, 0.3) is 5.91 Å². The topological polar surface area (TPSA) is 95.6 Å². The van der Waals surface area contributed by atoms with Crippen LogP contribution in [0.2, 0.25) is 0 Å². The second-order valence-electron chi connectivity index (χ2n) is 5.89. The van der Waals surface area contributed by atoms with Crippen LogP contribution >= 0.6 is 0 Å². The molecular weight excluding hydrogens is 385 g/mol. The molecular formula is C19H20FN3O4S. The lowest BCUT2D eigenvalue weighted by atomic mass is 10.2. The van der Waals surface area contributed by atoms with Gasteiger partial charge < -0.3 is 10.2 Å². The fourth-order valence-electron chi connectivity index (χ4n) is 2.32. The first-order valence-electron chi connectivity index (χ1n) is 8.24. The number of anilines is 1. The monoisotopic (exact) mass is 405 g/mol. The minimum absolute atomic E-state index is 0.0562. The molecule has 0 radical (unpaired) electrons. The summed E-state index contributed by atoms with van der Waals surface area (Å²) in [5.41, 5.74) is 0.384. The summed E-state index contributed by atoms with van der Waals surface area (Å²) in [4.78, 5) is 25.7. The highest BCUT2D eigenvalue weighted by molar-refractivity contribution is 7.89. The fourth-order valence-corrected chi connectivity index (χ4v) is 3.37. The van der Waals surface area contributed by atoms with Crippen LogP contribution in [0.15, 0.2) is 66.1 Å². The van der Waals surface area contributed by atoms with Crippen molar-refractivity contribution in [1.82, 2.24) is 9.62 Å². The van der Waals surface area contributed by atoms with Gasteiger partial charge in [-0.25, -0.2) is 17.5 Å². The number of hydrogen-bond acceptors (Lipinski definition) is 4. The Labute approximate surface area is 162 Å². The van der Waals surface area contributed by atoms with E-state index in [1.54, 1.807) is 0 Å². The third-order valence-electron chi connectivity index (χ3n) is 3.64. The van der Waals surface area contributed by atoms with E-state index in [0.29, 0.717) is 0 Å². The second-order valence-corrected chi connectivity index (χ2v) is 7.66. The van der Waals surface area contributed by atoms with Gasteiger partial charge in [-0.15, -0.1) is 6.58 Å². The number of hydrogen-bond donors (Lipinski definition) is 2. The Morgan fingerprint density at radius 3 is 2.57 bits per heavy atom. The molecule has 2 N–H and O–H groups in total. The van der Waals surface area contributed by atoms with Gasteiger partial charge in [-0.3, -0.25) is 9.59 Å². The molecule has 2 aromatic carbocycles. The van der Waals surface area contributed by atoms with Gasteiger partial charge >= 0.3 is 0 Å². The average molecular weight is 405 g/mol. The van der Waals surface area contributed by atoms with Crippen molar-refractivity contribution < 1.29 is 22.4 Å². The van der Waals surface area contributed by atoms with E-state index < -0.39 is 27.7 Å². The molecule has 0 spiro atoms. The molecule has 7 nitrogen and oxygen atoms in total. The third kappa shape index (κ3) is 5.73. The molecule has 0 aromatic heterocycles. The predicted molar refractivity (Wildman–Crippen MR) is 104 cm³/mol. The summed E-state index contributed by atoms with van der Waals surface area (Å²) >= 11 is 0. The summed E-state index contributed by atoms with van der Waals surface area (Å²) in [5, 5.41) is 2.49. The van der Waals surface area contributed by atoms with E-state index in [9.17, 15) is 22.4 Å². The summed E-state index contributed by atoms with van der Waals surface area (Å²) in [6, 6.07) is 10.9. The number of halogens is 1. The summed E-state index contributed by atoms with van der Waals surface area (Å²) in [7, 11) is -2.37. The molecule has 2 rings (SSSR count). The van der Waals surface area contributed by atoms with Gasteiger partial charge in [-0.2, -0.15) is 0 Å². The Morgan fingerprint density at radius 2 is 1.89 bits per heavy atom. The molecule has 9 heteroatoms. The molecule has 0 unspecified atom stereocenters. The van der Waals surface area contributed by atoms with Gasteiger partial charge in [0.2, 0.25) is 15.9 Å². The quantitative estimate of drug-likeness (QED) is 0.657. The number of likely N-dealkylation sites (N-methyl/N-ethyl adjacent to an activating group) is 1. The minimum atomic E-state index is -3.78. The highest BCUT2D eigenvalue weighted by Gasteiger charge is 2.19. The molecule has 0 aliphatic rings. The lowest BCUT2D eigenvalue weighted by Gasteiger charge is -2.17. The van der Waals surface area contributed by atoms with Crippen molar-refractivity contribution in [3.05, 3.63) is 72.6 Å². The van der Waals surface area contributed by atoms with Crippen LogP contribution in [0.5, 0.6) is 0 Å². The Hall–Kier alpha value is -3.04. The third-order valence-corrected chi connectivity index (χ3v) is 5.07. The van der Waals surface area contributed by atoms with E-state index in [0.717, 1.165) is 11.0 Å². The normalized spacial score (nSPS) is 10.9. The number of nitrogens with zero attached hydrogens (tertiary/aromatic N) is 1. The Kier molecular flexibility index (Phi) is 7.02. The molecule has 148 valence electrons. The summed E-state index contributed by atoms with van der Waals surface area (Å²) < 4.78 is 39.8. The van der Waals surface area contributed by atoms with Crippen LogP contribution in [0.3, 0.4) is 0 Å². The van der Waals surface area contributed by atoms with Crippen LogP contribution in [0.4, 0.5) is 10.1 Å². The minimum Gasteiger partial charge on any atom is -0.332 e. The molecule has 0 saturated heterocycles. The Balaban J connectivity index is 2.07. The average Bonchev–Trinajstić information content (AvgIpc) is 2.65. The molecule has 0 atom stereocenters. The fraction of sp³-hybridized carbons (Fsp3) is 0.158. The first-order valence-corrected chi connectivity index (χ1v) is 9.73. The lowest BCUT2D eigenvalue weighted by molar-refractivity contribution is -0.116. The Bertz CT molecular complexity index is 992. The van der Waals surface area contributed by atoms with E-state index in [4.69, 9.17) is 0 Å². The number of benzene rings is 2. The predicted octanol–water partition coefficient (Wildman–Crippen LogP) is 2.00. The van der Waals surface area contributed by atoms with E-state index in [1.807, 2.05) is 0 Å². The van der Waals surface area contributed by atoms with Gasteiger partial charge in [0, 0.05) is 24.8 Å². The van der Waals surface area contributed by atoms with E-state index >= 15 is 0 Å². The van der Waals surface area contributed by atoms with Crippen LogP contribution in [-0.2, 0) is 14.8 Å². The molecule has 0 aliphatic heterocycles. The van der Waals surface area contributed by atoms with E-state index in [2.05, 4.69) is 16.6 Å². The van der Waals surface area contributed by atoms with Gasteiger partial charge in [0.15, 0.2) is 0 Å². The maximum atomic E-state index is 13.2. The van der Waals surface area contributed by atoms with Crippen molar-refractivity contribution >= 4 is 27.5 Å². The molecule has 2 aromatic rings. The summed E-state index contributed by atoms with van der Waals surface area (Å²) in [6.07, 6.45) is 1.40. The van der Waals surface area contributed by atoms with Crippen molar-refractivity contribution in [2.75, 3.05) is 25.5 Å². The van der Waals surface area contributed by atoms with Crippen LogP contribution in [0, 0.1) is 5.82 Å². The SMILES string of the molecule is C=CCNS(=O)(=O)c1cccc(C(=O)N(C)CC(=O)Nc2cccc(F)c2)c1. The smallest absolute Gasteiger partial charge is 0.254 e. The molecule has 0 saturated carbocycles. The van der Waals surface area contributed by atoms with Crippen LogP contribution < -0.4 is 10.0 Å². The van der Waals surface area contributed by atoms with Crippen molar-refractivity contribution in [1.29, 1.82) is 0 Å². The molecule has 0 fully saturated rings. The number of nitrogens with one attached hydrogen (secondary N) is 2. The zero-order valence-corrected chi connectivity index (χ0v) is 16.0. The maximum Gasteiger partial charge on any atom is 0.254 e. The van der Waals surface area contributed by atoms with Crippen LogP contribution in [0.1, 0.15) is 10.4 Å². The number of amides is 2. The zero-order valence-electron chi connectivity index (χ0n) is 15.2. The molecule has 0 aliphatic carbocycles. The van der Waals surface area contributed by atoms with Gasteiger partial charge in [0.05, 0.1) is 11.4 Å². The largest absolute Gasteiger partial charge is 0.332 e. The molecule has 28 heavy (non-hydrogen) atoms. The van der Waals surface area contributed by atoms with E-state index in [1.165, 1.54) is 55.6 Å². The number of carbonyl (C=O) groups excluding carboxylic acids is 2. The first-order chi connectivity index (χ1) is 13.2. The van der Waals surface area contributed by atoms with Crippen molar-refractivity contribution in [3.63, 3.8) is 0 Å². The molecule has 0 bridgehead atoms. The second kappa shape index (κ2) is 9.25. The van der Waals surface area contributed by atoms with Gasteiger partial charge in [-0.05, 0) is 36.4 Å². The highest BCUT2D eigenvalue weighted by Crippen LogP contribution is 2.13. The highest BCUT2D eigenvalue weighted by atomic mass is 32.2. The number of rotatable bonds is 8. The van der Waals surface area contributed by atoms with Crippen LogP contribution in [-0.4, -0.2) is 45.3 Å². The Morgan fingerprint density at radius 1 is 1.18 bits per heavy atom. The zero-order chi connectivity index (χ0) is 20.7. The number of carbonyl (C=O) groups is 2.